The maximum atomic E-state index is 12.4. The Labute approximate surface area is 196 Å². The van der Waals surface area contributed by atoms with Crippen molar-refractivity contribution in [2.75, 3.05) is 26.0 Å². The number of nitrogen functional groups attached to an aromatic ring is 1. The summed E-state index contributed by atoms with van der Waals surface area (Å²) in [4.78, 5) is 18.5. The molecule has 1 fully saturated rings. The van der Waals surface area contributed by atoms with E-state index in [0.29, 0.717) is 36.5 Å². The van der Waals surface area contributed by atoms with E-state index in [9.17, 15) is 4.79 Å². The number of anilines is 1. The Morgan fingerprint density at radius 3 is 2.97 bits per heavy atom. The molecular weight excluding hydrogens is 430 g/mol. The zero-order valence-electron chi connectivity index (χ0n) is 19.1. The molecule has 0 aliphatic carbocycles. The highest BCUT2D eigenvalue weighted by atomic mass is 16.5. The van der Waals surface area contributed by atoms with Gasteiger partial charge in [0.1, 0.15) is 11.5 Å². The SMILES string of the molecule is C=CC(=O)N1CC(n2nc(C#Cc3ccc4nn(C)cc4c3)c3c(N)nccc32)C[C@@H]1COC. The Morgan fingerprint density at radius 1 is 1.32 bits per heavy atom. The average Bonchev–Trinajstić information content (AvgIpc) is 3.51. The van der Waals surface area contributed by atoms with E-state index in [1.54, 1.807) is 22.9 Å². The maximum absolute atomic E-state index is 12.4. The van der Waals surface area contributed by atoms with Crippen LogP contribution < -0.4 is 5.73 Å². The van der Waals surface area contributed by atoms with Gasteiger partial charge in [0.2, 0.25) is 5.91 Å². The third-order valence-corrected chi connectivity index (χ3v) is 6.15. The molecule has 3 aromatic heterocycles. The van der Waals surface area contributed by atoms with Gasteiger partial charge >= 0.3 is 0 Å². The van der Waals surface area contributed by atoms with Crippen LogP contribution in [0.1, 0.15) is 23.7 Å². The smallest absolute Gasteiger partial charge is 0.246 e. The van der Waals surface area contributed by atoms with Gasteiger partial charge in [-0.25, -0.2) is 4.98 Å². The summed E-state index contributed by atoms with van der Waals surface area (Å²) in [7, 11) is 3.53. The number of rotatable bonds is 4. The number of ether oxygens (including phenoxy) is 1. The van der Waals surface area contributed by atoms with E-state index >= 15 is 0 Å². The van der Waals surface area contributed by atoms with Crippen molar-refractivity contribution < 1.29 is 9.53 Å². The van der Waals surface area contributed by atoms with Crippen LogP contribution >= 0.6 is 0 Å². The molecule has 1 amide bonds. The van der Waals surface area contributed by atoms with E-state index in [2.05, 4.69) is 28.5 Å². The number of nitrogens with two attached hydrogens (primary N) is 1. The Hall–Kier alpha value is -4.16. The molecule has 0 radical (unpaired) electrons. The molecule has 0 bridgehead atoms. The van der Waals surface area contributed by atoms with Crippen LogP contribution in [0.2, 0.25) is 0 Å². The standard InChI is InChI=1S/C25H25N7O2/c1-4-23(33)31-14-18(12-19(31)15-34-3)32-22-9-10-27-25(26)24(22)21(29-32)8-6-16-5-7-20-17(11-16)13-30(2)28-20/h4-5,7,9-11,13,18-19H,1,12,14-15H2,2-3H3,(H2,26,27)/t18?,19-/m1/s1. The van der Waals surface area contributed by atoms with Gasteiger partial charge in [-0.05, 0) is 42.7 Å². The number of amides is 1. The third-order valence-electron chi connectivity index (χ3n) is 6.15. The molecule has 0 spiro atoms. The monoisotopic (exact) mass is 455 g/mol. The van der Waals surface area contributed by atoms with Gasteiger partial charge in [-0.2, -0.15) is 10.2 Å². The van der Waals surface area contributed by atoms with Crippen molar-refractivity contribution in [2.24, 2.45) is 7.05 Å². The van der Waals surface area contributed by atoms with Gasteiger partial charge in [0.05, 0.1) is 35.1 Å². The van der Waals surface area contributed by atoms with Gasteiger partial charge < -0.3 is 15.4 Å². The van der Waals surface area contributed by atoms with Crippen molar-refractivity contribution in [3.8, 4) is 11.8 Å². The topological polar surface area (TPSA) is 104 Å². The number of pyridine rings is 1. The minimum Gasteiger partial charge on any atom is -0.383 e. The van der Waals surface area contributed by atoms with Crippen LogP contribution in [0.4, 0.5) is 5.82 Å². The van der Waals surface area contributed by atoms with E-state index in [4.69, 9.17) is 15.6 Å². The number of hydrogen-bond donors (Lipinski definition) is 1. The molecule has 1 aromatic carbocycles. The number of carbonyl (C=O) groups is 1. The fourth-order valence-electron chi connectivity index (χ4n) is 4.64. The predicted octanol–water partition coefficient (Wildman–Crippen LogP) is 2.27. The fraction of sp³-hybridized carbons (Fsp3) is 0.280. The molecular formula is C25H25N7O2. The van der Waals surface area contributed by atoms with E-state index in [1.807, 2.05) is 42.2 Å². The summed E-state index contributed by atoms with van der Waals surface area (Å²) in [5, 5.41) is 11.0. The van der Waals surface area contributed by atoms with Crippen LogP contribution in [0, 0.1) is 11.8 Å². The lowest BCUT2D eigenvalue weighted by Crippen LogP contribution is -2.37. The molecule has 1 unspecified atom stereocenters. The van der Waals surface area contributed by atoms with Crippen LogP contribution in [0.15, 0.2) is 49.3 Å². The summed E-state index contributed by atoms with van der Waals surface area (Å²) < 4.78 is 9.05. The highest BCUT2D eigenvalue weighted by Gasteiger charge is 2.36. The summed E-state index contributed by atoms with van der Waals surface area (Å²) >= 11 is 0. The number of aromatic nitrogens is 5. The molecule has 2 atom stereocenters. The van der Waals surface area contributed by atoms with Gasteiger partial charge in [0.15, 0.2) is 0 Å². The normalized spacial score (nSPS) is 17.8. The highest BCUT2D eigenvalue weighted by Crippen LogP contribution is 2.32. The molecule has 9 nitrogen and oxygen atoms in total. The van der Waals surface area contributed by atoms with Gasteiger partial charge in [-0.3, -0.25) is 14.2 Å². The Morgan fingerprint density at radius 2 is 2.18 bits per heavy atom. The first-order valence-electron chi connectivity index (χ1n) is 11.0. The summed E-state index contributed by atoms with van der Waals surface area (Å²) in [5.41, 5.74) is 9.42. The molecule has 34 heavy (non-hydrogen) atoms. The molecule has 1 aliphatic rings. The summed E-state index contributed by atoms with van der Waals surface area (Å²) in [6.45, 7) is 4.58. The molecule has 4 heterocycles. The van der Waals surface area contributed by atoms with Gasteiger partial charge in [-0.1, -0.05) is 12.5 Å². The molecule has 2 N–H and O–H groups in total. The second kappa shape index (κ2) is 8.65. The number of hydrogen-bond acceptors (Lipinski definition) is 6. The zero-order valence-corrected chi connectivity index (χ0v) is 19.1. The van der Waals surface area contributed by atoms with E-state index in [1.165, 1.54) is 6.08 Å². The number of nitrogens with zero attached hydrogens (tertiary/aromatic N) is 6. The first-order chi connectivity index (χ1) is 16.5. The Kier molecular flexibility index (Phi) is 5.51. The number of likely N-dealkylation sites (tertiary alicyclic amines) is 1. The number of benzene rings is 1. The van der Waals surface area contributed by atoms with E-state index in [-0.39, 0.29) is 18.0 Å². The summed E-state index contributed by atoms with van der Waals surface area (Å²) in [6, 6.07) is 7.67. The predicted molar refractivity (Wildman–Crippen MR) is 130 cm³/mol. The Bertz CT molecular complexity index is 1470. The van der Waals surface area contributed by atoms with Crippen LogP contribution in [-0.2, 0) is 16.6 Å². The minimum absolute atomic E-state index is 0.0457. The van der Waals surface area contributed by atoms with Gasteiger partial charge in [0, 0.05) is 44.0 Å². The molecule has 172 valence electrons. The first kappa shape index (κ1) is 21.7. The second-order valence-corrected chi connectivity index (χ2v) is 8.40. The van der Waals surface area contributed by atoms with E-state index in [0.717, 1.165) is 22.0 Å². The molecule has 9 heteroatoms. The number of methoxy groups -OCH3 is 1. The molecule has 5 rings (SSSR count). The van der Waals surface area contributed by atoms with Crippen molar-refractivity contribution in [3.63, 3.8) is 0 Å². The summed E-state index contributed by atoms with van der Waals surface area (Å²) in [6.07, 6.45) is 5.66. The lowest BCUT2D eigenvalue weighted by molar-refractivity contribution is -0.127. The van der Waals surface area contributed by atoms with Crippen molar-refractivity contribution in [2.45, 2.75) is 18.5 Å². The zero-order chi connectivity index (χ0) is 23.8. The highest BCUT2D eigenvalue weighted by molar-refractivity contribution is 5.93. The molecule has 1 saturated heterocycles. The number of carbonyl (C=O) groups excluding carboxylic acids is 1. The lowest BCUT2D eigenvalue weighted by Gasteiger charge is -2.22. The van der Waals surface area contributed by atoms with Crippen LogP contribution in [0.3, 0.4) is 0 Å². The first-order valence-corrected chi connectivity index (χ1v) is 11.0. The quantitative estimate of drug-likeness (QED) is 0.374. The Balaban J connectivity index is 1.54. The minimum atomic E-state index is -0.118. The number of fused-ring (bicyclic) bond motifs is 2. The van der Waals surface area contributed by atoms with Crippen molar-refractivity contribution in [1.29, 1.82) is 0 Å². The van der Waals surface area contributed by atoms with E-state index < -0.39 is 0 Å². The number of aryl methyl sites for hydroxylation is 1. The lowest BCUT2D eigenvalue weighted by atomic mass is 10.1. The van der Waals surface area contributed by atoms with Gasteiger partial charge in [0.25, 0.3) is 0 Å². The fourth-order valence-corrected chi connectivity index (χ4v) is 4.64. The van der Waals surface area contributed by atoms with Crippen molar-refractivity contribution >= 4 is 33.5 Å². The van der Waals surface area contributed by atoms with Gasteiger partial charge in [-0.15, -0.1) is 0 Å². The second-order valence-electron chi connectivity index (χ2n) is 8.40. The molecule has 1 aliphatic heterocycles. The van der Waals surface area contributed by atoms with Crippen molar-refractivity contribution in [3.05, 3.63) is 60.6 Å². The summed E-state index contributed by atoms with van der Waals surface area (Å²) in [5.74, 6) is 6.66. The molecule has 0 saturated carbocycles. The van der Waals surface area contributed by atoms with Crippen LogP contribution in [0.25, 0.3) is 21.8 Å². The van der Waals surface area contributed by atoms with Crippen LogP contribution in [0.5, 0.6) is 0 Å². The van der Waals surface area contributed by atoms with Crippen molar-refractivity contribution in [1.82, 2.24) is 29.4 Å². The largest absolute Gasteiger partial charge is 0.383 e. The van der Waals surface area contributed by atoms with Crippen LogP contribution in [-0.4, -0.2) is 61.7 Å². The average molecular weight is 456 g/mol. The third kappa shape index (κ3) is 3.78. The maximum Gasteiger partial charge on any atom is 0.246 e. The molecule has 4 aromatic rings.